The Bertz CT molecular complexity index is 703. The Morgan fingerprint density at radius 2 is 1.80 bits per heavy atom. The quantitative estimate of drug-likeness (QED) is 0.251. The van der Waals surface area contributed by atoms with Crippen molar-refractivity contribution in [3.63, 3.8) is 0 Å². The fraction of sp³-hybridized carbons (Fsp3) is 0.294. The Morgan fingerprint density at radius 3 is 2.40 bits per heavy atom. The highest BCUT2D eigenvalue weighted by atomic mass is 127. The van der Waals surface area contributed by atoms with Crippen molar-refractivity contribution in [3.8, 4) is 0 Å². The minimum atomic E-state index is -0.120. The van der Waals surface area contributed by atoms with Crippen molar-refractivity contribution in [2.24, 2.45) is 4.99 Å². The SMILES string of the molecule is CN=C(NCCNC(=O)c1ccc(Cl)cc1)NCc1sccc1C.I. The Balaban J connectivity index is 0.00000312. The Hall–Kier alpha value is -1.32. The van der Waals surface area contributed by atoms with E-state index in [-0.39, 0.29) is 29.9 Å². The summed E-state index contributed by atoms with van der Waals surface area (Å²) in [5, 5.41) is 12.0. The van der Waals surface area contributed by atoms with Gasteiger partial charge in [-0.2, -0.15) is 0 Å². The van der Waals surface area contributed by atoms with Crippen molar-refractivity contribution in [2.45, 2.75) is 13.5 Å². The standard InChI is InChI=1S/C17H21ClN4OS.HI/c1-12-7-10-24-15(12)11-22-17(19-2)21-9-8-20-16(23)13-3-5-14(18)6-4-13;/h3-7,10H,8-9,11H2,1-2H3,(H,20,23)(H2,19,21,22);1H. The summed E-state index contributed by atoms with van der Waals surface area (Å²) in [5.41, 5.74) is 1.87. The molecule has 1 amide bonds. The zero-order valence-electron chi connectivity index (χ0n) is 14.1. The molecule has 0 fully saturated rings. The second kappa shape index (κ2) is 11.3. The van der Waals surface area contributed by atoms with E-state index in [0.29, 0.717) is 29.6 Å². The summed E-state index contributed by atoms with van der Waals surface area (Å²) in [5.74, 6) is 0.592. The first-order valence-electron chi connectivity index (χ1n) is 7.61. The first-order chi connectivity index (χ1) is 11.6. The zero-order valence-corrected chi connectivity index (χ0v) is 18.0. The molecule has 0 aliphatic carbocycles. The van der Waals surface area contributed by atoms with Crippen LogP contribution in [0.2, 0.25) is 5.02 Å². The first-order valence-corrected chi connectivity index (χ1v) is 8.87. The number of thiophene rings is 1. The number of carbonyl (C=O) groups is 1. The van der Waals surface area contributed by atoms with Gasteiger partial charge >= 0.3 is 0 Å². The molecule has 25 heavy (non-hydrogen) atoms. The number of hydrogen-bond donors (Lipinski definition) is 3. The number of carbonyl (C=O) groups excluding carboxylic acids is 1. The molecule has 0 bridgehead atoms. The van der Waals surface area contributed by atoms with E-state index in [1.165, 1.54) is 10.4 Å². The van der Waals surface area contributed by atoms with Crippen LogP contribution in [0.5, 0.6) is 0 Å². The highest BCUT2D eigenvalue weighted by molar-refractivity contribution is 14.0. The molecule has 0 saturated heterocycles. The molecule has 136 valence electrons. The van der Waals surface area contributed by atoms with Crippen molar-refractivity contribution >= 4 is 58.8 Å². The third-order valence-corrected chi connectivity index (χ3v) is 4.69. The third-order valence-electron chi connectivity index (χ3n) is 3.42. The molecule has 2 aromatic rings. The van der Waals surface area contributed by atoms with Crippen LogP contribution >= 0.6 is 46.9 Å². The maximum Gasteiger partial charge on any atom is 0.251 e. The van der Waals surface area contributed by atoms with Gasteiger partial charge in [0.05, 0.1) is 6.54 Å². The van der Waals surface area contributed by atoms with Gasteiger partial charge in [0.1, 0.15) is 0 Å². The van der Waals surface area contributed by atoms with E-state index in [1.807, 2.05) is 0 Å². The van der Waals surface area contributed by atoms with Crippen LogP contribution < -0.4 is 16.0 Å². The number of halogens is 2. The van der Waals surface area contributed by atoms with Gasteiger partial charge in [-0.3, -0.25) is 9.79 Å². The van der Waals surface area contributed by atoms with E-state index in [0.717, 1.165) is 6.54 Å². The lowest BCUT2D eigenvalue weighted by Crippen LogP contribution is -2.41. The number of aliphatic imine (C=N–C) groups is 1. The van der Waals surface area contributed by atoms with Gasteiger partial charge in [0.2, 0.25) is 0 Å². The van der Waals surface area contributed by atoms with Gasteiger partial charge in [0.15, 0.2) is 5.96 Å². The van der Waals surface area contributed by atoms with Gasteiger partial charge in [-0.05, 0) is 48.2 Å². The van der Waals surface area contributed by atoms with Gasteiger partial charge < -0.3 is 16.0 Å². The van der Waals surface area contributed by atoms with E-state index in [1.54, 1.807) is 42.6 Å². The predicted octanol–water partition coefficient (Wildman–Crippen LogP) is 3.42. The Labute approximate surface area is 174 Å². The fourth-order valence-corrected chi connectivity index (χ4v) is 3.00. The normalized spacial score (nSPS) is 10.8. The van der Waals surface area contributed by atoms with Crippen LogP contribution in [0, 0.1) is 6.92 Å². The van der Waals surface area contributed by atoms with Gasteiger partial charge in [-0.25, -0.2) is 0 Å². The van der Waals surface area contributed by atoms with Crippen LogP contribution in [-0.2, 0) is 6.54 Å². The van der Waals surface area contributed by atoms with Crippen LogP contribution in [0.15, 0.2) is 40.7 Å². The van der Waals surface area contributed by atoms with Gasteiger partial charge in [0.25, 0.3) is 5.91 Å². The number of hydrogen-bond acceptors (Lipinski definition) is 3. The summed E-state index contributed by atoms with van der Waals surface area (Å²) < 4.78 is 0. The molecule has 0 unspecified atom stereocenters. The van der Waals surface area contributed by atoms with E-state index < -0.39 is 0 Å². The van der Waals surface area contributed by atoms with Gasteiger partial charge in [-0.1, -0.05) is 11.6 Å². The lowest BCUT2D eigenvalue weighted by atomic mass is 10.2. The molecule has 1 aromatic carbocycles. The molecule has 2 rings (SSSR count). The smallest absolute Gasteiger partial charge is 0.251 e. The second-order valence-electron chi connectivity index (χ2n) is 5.14. The van der Waals surface area contributed by atoms with Crippen LogP contribution in [0.4, 0.5) is 0 Å². The largest absolute Gasteiger partial charge is 0.355 e. The van der Waals surface area contributed by atoms with E-state index in [9.17, 15) is 4.79 Å². The van der Waals surface area contributed by atoms with E-state index >= 15 is 0 Å². The van der Waals surface area contributed by atoms with Gasteiger partial charge in [0, 0.05) is 35.6 Å². The highest BCUT2D eigenvalue weighted by Gasteiger charge is 2.05. The van der Waals surface area contributed by atoms with Crippen molar-refractivity contribution in [1.82, 2.24) is 16.0 Å². The molecule has 5 nitrogen and oxygen atoms in total. The molecular formula is C17H22ClIN4OS. The lowest BCUT2D eigenvalue weighted by Gasteiger charge is -2.12. The van der Waals surface area contributed by atoms with Crippen LogP contribution in [0.3, 0.4) is 0 Å². The third kappa shape index (κ3) is 7.21. The maximum absolute atomic E-state index is 12.0. The van der Waals surface area contributed by atoms with Crippen LogP contribution in [0.25, 0.3) is 0 Å². The summed E-state index contributed by atoms with van der Waals surface area (Å²) in [4.78, 5) is 17.4. The Morgan fingerprint density at radius 1 is 1.12 bits per heavy atom. The average molecular weight is 493 g/mol. The molecule has 1 aromatic heterocycles. The summed E-state index contributed by atoms with van der Waals surface area (Å²) >= 11 is 7.53. The average Bonchev–Trinajstić information content (AvgIpc) is 2.99. The van der Waals surface area contributed by atoms with Gasteiger partial charge in [-0.15, -0.1) is 35.3 Å². The zero-order chi connectivity index (χ0) is 17.4. The highest BCUT2D eigenvalue weighted by Crippen LogP contribution is 2.14. The van der Waals surface area contributed by atoms with E-state index in [4.69, 9.17) is 11.6 Å². The summed E-state index contributed by atoms with van der Waals surface area (Å²) in [6, 6.07) is 8.91. The number of benzene rings is 1. The number of nitrogens with zero attached hydrogens (tertiary/aromatic N) is 1. The first kappa shape index (κ1) is 21.7. The predicted molar refractivity (Wildman–Crippen MR) is 116 cm³/mol. The van der Waals surface area contributed by atoms with Crippen LogP contribution in [0.1, 0.15) is 20.8 Å². The number of aryl methyl sites for hydroxylation is 1. The van der Waals surface area contributed by atoms with Crippen molar-refractivity contribution < 1.29 is 4.79 Å². The minimum Gasteiger partial charge on any atom is -0.355 e. The molecular weight excluding hydrogens is 471 g/mol. The monoisotopic (exact) mass is 492 g/mol. The molecule has 0 aliphatic heterocycles. The summed E-state index contributed by atoms with van der Waals surface area (Å²) in [6.07, 6.45) is 0. The van der Waals surface area contributed by atoms with Crippen molar-refractivity contribution in [2.75, 3.05) is 20.1 Å². The number of guanidine groups is 1. The number of nitrogens with one attached hydrogen (secondary N) is 3. The molecule has 0 saturated carbocycles. The molecule has 0 radical (unpaired) electrons. The molecule has 0 aliphatic rings. The Kier molecular flexibility index (Phi) is 9.84. The van der Waals surface area contributed by atoms with Crippen molar-refractivity contribution in [3.05, 3.63) is 56.7 Å². The lowest BCUT2D eigenvalue weighted by molar-refractivity contribution is 0.0954. The molecule has 3 N–H and O–H groups in total. The van der Waals surface area contributed by atoms with Crippen LogP contribution in [-0.4, -0.2) is 32.0 Å². The fourth-order valence-electron chi connectivity index (χ4n) is 2.03. The topological polar surface area (TPSA) is 65.5 Å². The second-order valence-corrected chi connectivity index (χ2v) is 6.58. The molecule has 1 heterocycles. The van der Waals surface area contributed by atoms with Crippen molar-refractivity contribution in [1.29, 1.82) is 0 Å². The molecule has 0 atom stereocenters. The summed E-state index contributed by atoms with van der Waals surface area (Å²) in [7, 11) is 1.73. The van der Waals surface area contributed by atoms with E-state index in [2.05, 4.69) is 39.3 Å². The molecule has 0 spiro atoms. The minimum absolute atomic E-state index is 0. The maximum atomic E-state index is 12.0. The summed E-state index contributed by atoms with van der Waals surface area (Å²) in [6.45, 7) is 3.92. The number of rotatable bonds is 6. The molecule has 8 heteroatoms. The number of amides is 1.